The summed E-state index contributed by atoms with van der Waals surface area (Å²) in [6, 6.07) is 5.24. The van der Waals surface area contributed by atoms with Gasteiger partial charge in [-0.25, -0.2) is 4.98 Å². The average molecular weight is 404 g/mol. The second-order valence-corrected chi connectivity index (χ2v) is 7.02. The van der Waals surface area contributed by atoms with Gasteiger partial charge in [0.25, 0.3) is 0 Å². The maximum atomic E-state index is 12.1. The number of nitrogens with one attached hydrogen (secondary N) is 1. The van der Waals surface area contributed by atoms with E-state index in [9.17, 15) is 9.90 Å². The lowest BCUT2D eigenvalue weighted by molar-refractivity contribution is -0.116. The molecule has 148 valence electrons. The van der Waals surface area contributed by atoms with Gasteiger partial charge >= 0.3 is 0 Å². The third kappa shape index (κ3) is 3.93. The van der Waals surface area contributed by atoms with Gasteiger partial charge in [-0.2, -0.15) is 4.98 Å². The quantitative estimate of drug-likeness (QED) is 0.619. The topological polar surface area (TPSA) is 106 Å². The Hall–Kier alpha value is -2.71. The summed E-state index contributed by atoms with van der Waals surface area (Å²) < 4.78 is 6.91. The summed E-state index contributed by atoms with van der Waals surface area (Å²) in [5.41, 5.74) is 1.91. The molecule has 0 radical (unpaired) electrons. The Labute approximate surface area is 167 Å². The average Bonchev–Trinajstić information content (AvgIpc) is 3.30. The molecular weight excluding hydrogens is 382 g/mol. The first-order valence-electron chi connectivity index (χ1n) is 9.06. The van der Waals surface area contributed by atoms with E-state index in [0.717, 1.165) is 6.42 Å². The highest BCUT2D eigenvalue weighted by atomic mass is 35.5. The molecule has 0 atom stereocenters. The normalized spacial score (nSPS) is 11.2. The van der Waals surface area contributed by atoms with Crippen LogP contribution in [0, 0.1) is 0 Å². The van der Waals surface area contributed by atoms with Crippen LogP contribution in [0.5, 0.6) is 0 Å². The van der Waals surface area contributed by atoms with Gasteiger partial charge in [-0.05, 0) is 18.6 Å². The molecule has 0 saturated carbocycles. The number of nitrogens with zero attached hydrogens (tertiary/aromatic N) is 4. The van der Waals surface area contributed by atoms with Crippen molar-refractivity contribution in [1.82, 2.24) is 19.7 Å². The predicted molar refractivity (Wildman–Crippen MR) is 105 cm³/mol. The molecule has 0 saturated heterocycles. The molecule has 0 aliphatic carbocycles. The molecule has 2 N–H and O–H groups in total. The van der Waals surface area contributed by atoms with Crippen molar-refractivity contribution in [1.29, 1.82) is 0 Å². The lowest BCUT2D eigenvalue weighted by Crippen LogP contribution is -2.14. The van der Waals surface area contributed by atoms with Crippen molar-refractivity contribution in [3.63, 3.8) is 0 Å². The van der Waals surface area contributed by atoms with Gasteiger partial charge in [0.05, 0.1) is 28.7 Å². The van der Waals surface area contributed by atoms with E-state index in [1.807, 2.05) is 20.8 Å². The molecule has 2 heterocycles. The molecule has 0 unspecified atom stereocenters. The number of hydrogen-bond acceptors (Lipinski definition) is 6. The Balaban J connectivity index is 2.06. The van der Waals surface area contributed by atoms with Crippen LogP contribution in [-0.4, -0.2) is 30.7 Å². The lowest BCUT2D eigenvalue weighted by Gasteiger charge is -2.15. The number of carbonyl (C=O) groups is 1. The van der Waals surface area contributed by atoms with Crippen molar-refractivity contribution in [2.24, 2.45) is 0 Å². The van der Waals surface area contributed by atoms with Crippen LogP contribution in [0.25, 0.3) is 17.2 Å². The molecule has 0 bridgehead atoms. The van der Waals surface area contributed by atoms with Gasteiger partial charge in [-0.3, -0.25) is 9.36 Å². The number of para-hydroxylation sites is 1. The number of aliphatic hydroxyl groups excluding tert-OH is 1. The van der Waals surface area contributed by atoms with Crippen molar-refractivity contribution in [2.45, 2.75) is 46.1 Å². The number of amides is 1. The van der Waals surface area contributed by atoms with Crippen LogP contribution in [0.2, 0.25) is 5.02 Å². The van der Waals surface area contributed by atoms with Crippen LogP contribution < -0.4 is 5.32 Å². The maximum Gasteiger partial charge on any atom is 0.229 e. The van der Waals surface area contributed by atoms with Crippen LogP contribution in [0.15, 0.2) is 29.0 Å². The van der Waals surface area contributed by atoms with Crippen LogP contribution in [0.1, 0.15) is 51.1 Å². The maximum absolute atomic E-state index is 12.1. The summed E-state index contributed by atoms with van der Waals surface area (Å²) in [5, 5.41) is 17.2. The van der Waals surface area contributed by atoms with Crippen LogP contribution in [0.4, 0.5) is 5.69 Å². The molecule has 0 spiro atoms. The summed E-state index contributed by atoms with van der Waals surface area (Å²) in [5.74, 6) is 0.727. The number of imidazole rings is 1. The monoisotopic (exact) mass is 403 g/mol. The van der Waals surface area contributed by atoms with E-state index in [-0.39, 0.29) is 18.4 Å². The molecule has 0 aliphatic rings. The van der Waals surface area contributed by atoms with E-state index >= 15 is 0 Å². The van der Waals surface area contributed by atoms with E-state index in [1.165, 1.54) is 6.33 Å². The number of aromatic nitrogens is 4. The SMILES string of the molecule is CCCC(=O)Nc1c(Cl)cccc1-n1cnc(-c2noc(C(C)C)n2)c1CO. The first-order valence-corrected chi connectivity index (χ1v) is 9.43. The number of benzene rings is 1. The Morgan fingerprint density at radius 3 is 2.82 bits per heavy atom. The molecule has 1 aromatic carbocycles. The van der Waals surface area contributed by atoms with E-state index in [0.29, 0.717) is 45.9 Å². The van der Waals surface area contributed by atoms with E-state index in [1.54, 1.807) is 22.8 Å². The van der Waals surface area contributed by atoms with Crippen molar-refractivity contribution in [3.05, 3.63) is 41.1 Å². The van der Waals surface area contributed by atoms with E-state index in [4.69, 9.17) is 16.1 Å². The van der Waals surface area contributed by atoms with Gasteiger partial charge in [-0.15, -0.1) is 0 Å². The fourth-order valence-corrected chi connectivity index (χ4v) is 2.97. The van der Waals surface area contributed by atoms with Gasteiger partial charge in [0.1, 0.15) is 12.0 Å². The third-order valence-electron chi connectivity index (χ3n) is 4.16. The Bertz CT molecular complexity index is 980. The minimum Gasteiger partial charge on any atom is -0.390 e. The summed E-state index contributed by atoms with van der Waals surface area (Å²) >= 11 is 6.33. The van der Waals surface area contributed by atoms with E-state index in [2.05, 4.69) is 20.4 Å². The van der Waals surface area contributed by atoms with Crippen LogP contribution in [-0.2, 0) is 11.4 Å². The summed E-state index contributed by atoms with van der Waals surface area (Å²) in [7, 11) is 0. The smallest absolute Gasteiger partial charge is 0.229 e. The molecule has 9 heteroatoms. The van der Waals surface area contributed by atoms with Gasteiger partial charge in [0, 0.05) is 12.3 Å². The van der Waals surface area contributed by atoms with E-state index < -0.39 is 0 Å². The summed E-state index contributed by atoms with van der Waals surface area (Å²) in [6.07, 6.45) is 2.64. The van der Waals surface area contributed by atoms with Crippen molar-refractivity contribution in [3.8, 4) is 17.2 Å². The number of rotatable bonds is 7. The Morgan fingerprint density at radius 2 is 2.18 bits per heavy atom. The molecular formula is C19H22ClN5O3. The number of carbonyl (C=O) groups excluding carboxylic acids is 1. The molecule has 2 aromatic heterocycles. The van der Waals surface area contributed by atoms with Crippen molar-refractivity contribution < 1.29 is 14.4 Å². The highest BCUT2D eigenvalue weighted by molar-refractivity contribution is 6.34. The standard InChI is InChI=1S/C19H22ClN5O3/c1-4-6-15(27)22-16-12(20)7-5-8-13(16)25-10-21-17(14(25)9-26)18-23-19(11(2)3)28-24-18/h5,7-8,10-11,26H,4,6,9H2,1-3H3,(H,22,27). The molecule has 0 fully saturated rings. The van der Waals surface area contributed by atoms with Gasteiger partial charge in [0.2, 0.25) is 17.6 Å². The minimum absolute atomic E-state index is 0.0780. The number of halogens is 1. The van der Waals surface area contributed by atoms with Crippen LogP contribution in [0.3, 0.4) is 0 Å². The fraction of sp³-hybridized carbons (Fsp3) is 0.368. The molecule has 0 aliphatic heterocycles. The largest absolute Gasteiger partial charge is 0.390 e. The first kappa shape index (κ1) is 20.0. The zero-order chi connectivity index (χ0) is 20.3. The second kappa shape index (κ2) is 8.53. The highest BCUT2D eigenvalue weighted by Crippen LogP contribution is 2.32. The minimum atomic E-state index is -0.310. The van der Waals surface area contributed by atoms with Gasteiger partial charge < -0.3 is 14.9 Å². The number of anilines is 1. The molecule has 3 rings (SSSR count). The first-order chi connectivity index (χ1) is 13.5. The Morgan fingerprint density at radius 1 is 1.39 bits per heavy atom. The zero-order valence-electron chi connectivity index (χ0n) is 15.9. The zero-order valence-corrected chi connectivity index (χ0v) is 16.7. The number of hydrogen-bond donors (Lipinski definition) is 2. The Kier molecular flexibility index (Phi) is 6.11. The molecule has 8 nitrogen and oxygen atoms in total. The number of aliphatic hydroxyl groups is 1. The lowest BCUT2D eigenvalue weighted by atomic mass is 10.2. The molecule has 28 heavy (non-hydrogen) atoms. The van der Waals surface area contributed by atoms with Crippen molar-refractivity contribution >= 4 is 23.2 Å². The summed E-state index contributed by atoms with van der Waals surface area (Å²) in [4.78, 5) is 20.8. The van der Waals surface area contributed by atoms with Crippen molar-refractivity contribution in [2.75, 3.05) is 5.32 Å². The predicted octanol–water partition coefficient (Wildman–Crippen LogP) is 3.93. The fourth-order valence-electron chi connectivity index (χ4n) is 2.75. The molecule has 3 aromatic rings. The van der Waals surface area contributed by atoms with Gasteiger partial charge in [-0.1, -0.05) is 43.6 Å². The highest BCUT2D eigenvalue weighted by Gasteiger charge is 2.21. The second-order valence-electron chi connectivity index (χ2n) is 6.61. The van der Waals surface area contributed by atoms with Gasteiger partial charge in [0.15, 0.2) is 0 Å². The summed E-state index contributed by atoms with van der Waals surface area (Å²) in [6.45, 7) is 5.51. The third-order valence-corrected chi connectivity index (χ3v) is 4.47. The van der Waals surface area contributed by atoms with Crippen LogP contribution >= 0.6 is 11.6 Å². The molecule has 1 amide bonds.